The zero-order valence-corrected chi connectivity index (χ0v) is 24.7. The Morgan fingerprint density at radius 1 is 0.659 bits per heavy atom. The SMILES string of the molecule is C[C@@]1(c2ccc3ccccc3c2)C=C(C2=CC=C(c3cccc4cccnc34)C=CC2)c2ccc(-c3ccccc3)cc2N1. The first kappa shape index (κ1) is 26.2. The number of allylic oxidation sites excluding steroid dienone is 7. The van der Waals surface area contributed by atoms with E-state index >= 15 is 0 Å². The van der Waals surface area contributed by atoms with Gasteiger partial charge in [-0.1, -0.05) is 127 Å². The fourth-order valence-corrected chi connectivity index (χ4v) is 6.65. The summed E-state index contributed by atoms with van der Waals surface area (Å²) >= 11 is 0. The summed E-state index contributed by atoms with van der Waals surface area (Å²) < 4.78 is 0. The predicted octanol–water partition coefficient (Wildman–Crippen LogP) is 10.7. The fraction of sp³-hybridized carbons (Fsp3) is 0.0714. The topological polar surface area (TPSA) is 24.9 Å². The van der Waals surface area contributed by atoms with Gasteiger partial charge in [0.15, 0.2) is 0 Å². The average molecular weight is 565 g/mol. The lowest BCUT2D eigenvalue weighted by molar-refractivity contribution is 0.686. The van der Waals surface area contributed by atoms with Gasteiger partial charge in [0, 0.05) is 28.4 Å². The molecule has 1 aliphatic heterocycles. The molecule has 0 saturated carbocycles. The second kappa shape index (κ2) is 10.7. The van der Waals surface area contributed by atoms with Crippen LogP contribution >= 0.6 is 0 Å². The molecule has 6 aromatic rings. The number of rotatable bonds is 4. The molecule has 1 atom stereocenters. The third-order valence-corrected chi connectivity index (χ3v) is 8.98. The van der Waals surface area contributed by atoms with Gasteiger partial charge >= 0.3 is 0 Å². The van der Waals surface area contributed by atoms with Crippen molar-refractivity contribution in [3.8, 4) is 11.1 Å². The minimum Gasteiger partial charge on any atom is -0.372 e. The number of fused-ring (bicyclic) bond motifs is 3. The third kappa shape index (κ3) is 4.66. The van der Waals surface area contributed by atoms with Crippen LogP contribution in [0.5, 0.6) is 0 Å². The second-order valence-electron chi connectivity index (χ2n) is 11.9. The molecule has 0 saturated heterocycles. The van der Waals surface area contributed by atoms with Crippen molar-refractivity contribution in [3.05, 3.63) is 180 Å². The molecule has 0 amide bonds. The van der Waals surface area contributed by atoms with Crippen molar-refractivity contribution in [1.82, 2.24) is 4.98 Å². The van der Waals surface area contributed by atoms with Crippen molar-refractivity contribution >= 4 is 38.5 Å². The summed E-state index contributed by atoms with van der Waals surface area (Å²) in [7, 11) is 0. The van der Waals surface area contributed by atoms with Crippen molar-refractivity contribution in [2.45, 2.75) is 18.9 Å². The van der Waals surface area contributed by atoms with E-state index in [1.807, 2.05) is 12.3 Å². The molecule has 2 heterocycles. The van der Waals surface area contributed by atoms with Crippen molar-refractivity contribution < 1.29 is 0 Å². The number of pyridine rings is 1. The van der Waals surface area contributed by atoms with E-state index in [-0.39, 0.29) is 0 Å². The normalized spacial score (nSPS) is 17.7. The lowest BCUT2D eigenvalue weighted by Crippen LogP contribution is -2.33. The van der Waals surface area contributed by atoms with Crippen LogP contribution < -0.4 is 5.32 Å². The summed E-state index contributed by atoms with van der Waals surface area (Å²) in [6, 6.07) is 43.4. The Kier molecular flexibility index (Phi) is 6.34. The van der Waals surface area contributed by atoms with Crippen molar-refractivity contribution in [3.63, 3.8) is 0 Å². The van der Waals surface area contributed by atoms with Crippen LogP contribution in [0.3, 0.4) is 0 Å². The summed E-state index contributed by atoms with van der Waals surface area (Å²) in [5, 5.41) is 7.62. The first-order valence-electron chi connectivity index (χ1n) is 15.3. The van der Waals surface area contributed by atoms with Gasteiger partial charge in [-0.3, -0.25) is 4.98 Å². The Morgan fingerprint density at radius 2 is 1.48 bits per heavy atom. The minimum atomic E-state index is -0.398. The molecule has 5 aromatic carbocycles. The number of hydrogen-bond acceptors (Lipinski definition) is 2. The van der Waals surface area contributed by atoms with Gasteiger partial charge in [-0.15, -0.1) is 0 Å². The summed E-state index contributed by atoms with van der Waals surface area (Å²) in [6.07, 6.45) is 14.3. The number of nitrogens with one attached hydrogen (secondary N) is 1. The smallest absolute Gasteiger partial charge is 0.0790 e. The van der Waals surface area contributed by atoms with Crippen LogP contribution in [0, 0.1) is 0 Å². The lowest BCUT2D eigenvalue weighted by atomic mass is 9.80. The highest BCUT2D eigenvalue weighted by Crippen LogP contribution is 2.45. The molecule has 2 nitrogen and oxygen atoms in total. The molecule has 8 rings (SSSR count). The largest absolute Gasteiger partial charge is 0.372 e. The van der Waals surface area contributed by atoms with Crippen LogP contribution in [0.15, 0.2) is 163 Å². The fourth-order valence-electron chi connectivity index (χ4n) is 6.65. The van der Waals surface area contributed by atoms with Crippen LogP contribution in [0.1, 0.15) is 30.0 Å². The van der Waals surface area contributed by atoms with Crippen molar-refractivity contribution in [2.24, 2.45) is 0 Å². The molecule has 210 valence electrons. The molecule has 0 unspecified atom stereocenters. The number of hydrogen-bond donors (Lipinski definition) is 1. The number of anilines is 1. The van der Waals surface area contributed by atoms with Crippen LogP contribution in [-0.4, -0.2) is 4.98 Å². The van der Waals surface area contributed by atoms with E-state index in [1.165, 1.54) is 49.7 Å². The molecule has 0 radical (unpaired) electrons. The first-order chi connectivity index (χ1) is 21.6. The summed E-state index contributed by atoms with van der Waals surface area (Å²) in [6.45, 7) is 2.30. The van der Waals surface area contributed by atoms with Gasteiger partial charge in [0.1, 0.15) is 0 Å². The van der Waals surface area contributed by atoms with Gasteiger partial charge in [0.05, 0.1) is 11.1 Å². The molecule has 1 N–H and O–H groups in total. The Labute approximate surface area is 258 Å². The molecule has 0 fully saturated rings. The van der Waals surface area contributed by atoms with E-state index in [1.54, 1.807) is 0 Å². The zero-order chi connectivity index (χ0) is 29.5. The molecule has 44 heavy (non-hydrogen) atoms. The first-order valence-corrected chi connectivity index (χ1v) is 15.3. The molecular formula is C42H32N2. The number of para-hydroxylation sites is 1. The Hall–Kier alpha value is -5.47. The van der Waals surface area contributed by atoms with Crippen LogP contribution in [-0.2, 0) is 5.54 Å². The molecule has 0 bridgehead atoms. The van der Waals surface area contributed by atoms with Crippen molar-refractivity contribution in [1.29, 1.82) is 0 Å². The lowest BCUT2D eigenvalue weighted by Gasteiger charge is -2.37. The van der Waals surface area contributed by atoms with Crippen LogP contribution in [0.4, 0.5) is 5.69 Å². The summed E-state index contributed by atoms with van der Waals surface area (Å²) in [5.41, 5.74) is 11.6. The summed E-state index contributed by atoms with van der Waals surface area (Å²) in [5.74, 6) is 0. The van der Waals surface area contributed by atoms with Crippen LogP contribution in [0.25, 0.3) is 43.9 Å². The number of nitrogens with zero attached hydrogens (tertiary/aromatic N) is 1. The van der Waals surface area contributed by atoms with E-state index < -0.39 is 5.54 Å². The van der Waals surface area contributed by atoms with Gasteiger partial charge in [0.25, 0.3) is 0 Å². The summed E-state index contributed by atoms with van der Waals surface area (Å²) in [4.78, 5) is 4.72. The standard InChI is InChI=1S/C42H32N2/c1-42(36-23-21-30-12-5-6-13-34(30)26-36)28-39(38-24-22-35(27-40(38)44-42)29-10-3-2-4-11-29)32-15-7-14-31(19-20-32)37-18-8-16-33-17-9-25-43-41(33)37/h2-14,16-28,44H,15H2,1H3/t42-/m0/s1. The predicted molar refractivity (Wildman–Crippen MR) is 186 cm³/mol. The number of aromatic nitrogens is 1. The highest BCUT2D eigenvalue weighted by atomic mass is 15.0. The van der Waals surface area contributed by atoms with Gasteiger partial charge in [0.2, 0.25) is 0 Å². The average Bonchev–Trinajstić information content (AvgIpc) is 3.34. The Balaban J connectivity index is 1.27. The van der Waals surface area contributed by atoms with Crippen LogP contribution in [0.2, 0.25) is 0 Å². The van der Waals surface area contributed by atoms with Gasteiger partial charge in [-0.25, -0.2) is 0 Å². The maximum Gasteiger partial charge on any atom is 0.0790 e. The zero-order valence-electron chi connectivity index (χ0n) is 24.7. The number of benzene rings is 5. The van der Waals surface area contributed by atoms with Gasteiger partial charge in [-0.2, -0.15) is 0 Å². The van der Waals surface area contributed by atoms with E-state index in [9.17, 15) is 0 Å². The van der Waals surface area contributed by atoms with E-state index in [2.05, 4.69) is 158 Å². The molecular weight excluding hydrogens is 532 g/mol. The molecule has 2 heteroatoms. The molecule has 1 aliphatic carbocycles. The Bertz CT molecular complexity index is 2180. The highest BCUT2D eigenvalue weighted by Gasteiger charge is 2.32. The third-order valence-electron chi connectivity index (χ3n) is 8.98. The van der Waals surface area contributed by atoms with E-state index in [0.717, 1.165) is 28.6 Å². The van der Waals surface area contributed by atoms with E-state index in [0.29, 0.717) is 0 Å². The maximum atomic E-state index is 4.72. The second-order valence-corrected chi connectivity index (χ2v) is 11.9. The van der Waals surface area contributed by atoms with Crippen molar-refractivity contribution in [2.75, 3.05) is 5.32 Å². The Morgan fingerprint density at radius 3 is 2.39 bits per heavy atom. The quantitative estimate of drug-likeness (QED) is 0.230. The van der Waals surface area contributed by atoms with E-state index in [4.69, 9.17) is 4.98 Å². The molecule has 0 spiro atoms. The molecule has 1 aromatic heterocycles. The van der Waals surface area contributed by atoms with Gasteiger partial charge in [-0.05, 0) is 81.8 Å². The van der Waals surface area contributed by atoms with Gasteiger partial charge < -0.3 is 5.32 Å². The highest BCUT2D eigenvalue weighted by molar-refractivity contribution is 5.96. The molecule has 2 aliphatic rings. The maximum absolute atomic E-state index is 4.72. The monoisotopic (exact) mass is 564 g/mol. The minimum absolute atomic E-state index is 0.398.